The maximum atomic E-state index is 14.0. The number of fused-ring (bicyclic) bond motifs is 2. The second-order valence-electron chi connectivity index (χ2n) is 8.90. The number of nitrogens with zero attached hydrogens (tertiary/aromatic N) is 2. The van der Waals surface area contributed by atoms with Gasteiger partial charge in [-0.2, -0.15) is 0 Å². The largest absolute Gasteiger partial charge is 0.325 e. The van der Waals surface area contributed by atoms with Gasteiger partial charge in [-0.25, -0.2) is 4.39 Å². The molecule has 0 saturated carbocycles. The number of rotatable bonds is 4. The number of anilines is 3. The third-order valence-corrected chi connectivity index (χ3v) is 7.88. The third-order valence-electron chi connectivity index (χ3n) is 6.49. The lowest BCUT2D eigenvalue weighted by molar-refractivity contribution is -0.124. The molecule has 1 spiro atoms. The number of carbonyl (C=O) groups is 3. The minimum absolute atomic E-state index is 0.0964. The molecule has 1 N–H and O–H groups in total. The first-order valence-corrected chi connectivity index (χ1v) is 12.2. The number of benzene rings is 3. The van der Waals surface area contributed by atoms with Crippen LogP contribution in [0.2, 0.25) is 0 Å². The van der Waals surface area contributed by atoms with E-state index < -0.39 is 10.7 Å². The van der Waals surface area contributed by atoms with E-state index in [2.05, 4.69) is 5.32 Å². The van der Waals surface area contributed by atoms with Crippen molar-refractivity contribution in [1.29, 1.82) is 0 Å². The monoisotopic (exact) mass is 489 g/mol. The first kappa shape index (κ1) is 23.1. The Morgan fingerprint density at radius 3 is 2.46 bits per heavy atom. The zero-order valence-electron chi connectivity index (χ0n) is 19.6. The number of aryl methyl sites for hydroxylation is 3. The molecule has 0 unspecified atom stereocenters. The van der Waals surface area contributed by atoms with E-state index in [1.807, 2.05) is 57.2 Å². The number of carbonyl (C=O) groups excluding carboxylic acids is 3. The van der Waals surface area contributed by atoms with Crippen LogP contribution in [0.1, 0.15) is 22.3 Å². The number of halogens is 1. The SMILES string of the molecule is Cc1ccc2c(c1)[C@]1(SCC(=O)N1c1ccc(F)cc1)C(=O)N2CC(=O)Nc1ccc(C)c(C)c1. The van der Waals surface area contributed by atoms with Crippen LogP contribution in [0.25, 0.3) is 0 Å². The van der Waals surface area contributed by atoms with Crippen molar-refractivity contribution in [3.05, 3.63) is 88.7 Å². The summed E-state index contributed by atoms with van der Waals surface area (Å²) in [5.74, 6) is -1.29. The molecule has 3 aromatic carbocycles. The zero-order chi connectivity index (χ0) is 24.9. The third kappa shape index (κ3) is 3.78. The highest BCUT2D eigenvalue weighted by molar-refractivity contribution is 8.02. The molecule has 0 radical (unpaired) electrons. The number of hydrogen-bond donors (Lipinski definition) is 1. The van der Waals surface area contributed by atoms with Crippen molar-refractivity contribution < 1.29 is 18.8 Å². The number of amides is 3. The van der Waals surface area contributed by atoms with Gasteiger partial charge in [-0.05, 0) is 74.4 Å². The molecule has 2 aliphatic heterocycles. The summed E-state index contributed by atoms with van der Waals surface area (Å²) in [4.78, 5) is 41.6. The average molecular weight is 490 g/mol. The van der Waals surface area contributed by atoms with Crippen LogP contribution in [-0.2, 0) is 19.3 Å². The van der Waals surface area contributed by atoms with Gasteiger partial charge < -0.3 is 5.32 Å². The molecule has 0 bridgehead atoms. The van der Waals surface area contributed by atoms with Crippen LogP contribution in [0.4, 0.5) is 21.5 Å². The summed E-state index contributed by atoms with van der Waals surface area (Å²) in [6.07, 6.45) is 0. The number of nitrogens with one attached hydrogen (secondary N) is 1. The maximum absolute atomic E-state index is 14.0. The lowest BCUT2D eigenvalue weighted by atomic mass is 10.0. The molecule has 1 atom stereocenters. The molecular weight excluding hydrogens is 465 g/mol. The lowest BCUT2D eigenvalue weighted by Gasteiger charge is -2.33. The van der Waals surface area contributed by atoms with E-state index in [1.54, 1.807) is 0 Å². The average Bonchev–Trinajstić information content (AvgIpc) is 3.28. The Kier molecular flexibility index (Phi) is 5.63. The van der Waals surface area contributed by atoms with Gasteiger partial charge in [-0.15, -0.1) is 11.8 Å². The Morgan fingerprint density at radius 2 is 1.74 bits per heavy atom. The molecule has 5 rings (SSSR count). The van der Waals surface area contributed by atoms with E-state index in [0.717, 1.165) is 16.7 Å². The standard InChI is InChI=1S/C27H24FN3O3S/c1-16-4-11-23-22(12-16)27(31(25(33)15-35-27)21-9-6-19(28)7-10-21)26(34)30(23)14-24(32)29-20-8-5-17(2)18(3)13-20/h4-13H,14-15H2,1-3H3,(H,29,32)/t27-/m0/s1. The summed E-state index contributed by atoms with van der Waals surface area (Å²) in [6, 6.07) is 16.8. The molecule has 2 heterocycles. The summed E-state index contributed by atoms with van der Waals surface area (Å²) in [7, 11) is 0. The Bertz CT molecular complexity index is 1370. The fourth-order valence-electron chi connectivity index (χ4n) is 4.63. The van der Waals surface area contributed by atoms with Crippen molar-refractivity contribution in [2.45, 2.75) is 25.6 Å². The molecule has 0 aliphatic carbocycles. The van der Waals surface area contributed by atoms with Gasteiger partial charge in [-0.1, -0.05) is 23.8 Å². The Balaban J connectivity index is 1.52. The van der Waals surface area contributed by atoms with Gasteiger partial charge in [0, 0.05) is 16.9 Å². The van der Waals surface area contributed by atoms with Crippen LogP contribution >= 0.6 is 11.8 Å². The van der Waals surface area contributed by atoms with Gasteiger partial charge in [-0.3, -0.25) is 24.2 Å². The molecule has 178 valence electrons. The van der Waals surface area contributed by atoms with E-state index >= 15 is 0 Å². The van der Waals surface area contributed by atoms with Crippen LogP contribution in [-0.4, -0.2) is 30.0 Å². The zero-order valence-corrected chi connectivity index (χ0v) is 20.4. The van der Waals surface area contributed by atoms with Crippen molar-refractivity contribution in [2.75, 3.05) is 27.4 Å². The number of thioether (sulfide) groups is 1. The molecule has 3 amide bonds. The second kappa shape index (κ2) is 8.53. The molecular formula is C27H24FN3O3S. The lowest BCUT2D eigenvalue weighted by Crippen LogP contribution is -2.50. The molecule has 1 fully saturated rings. The van der Waals surface area contributed by atoms with Gasteiger partial charge in [0.05, 0.1) is 11.4 Å². The van der Waals surface area contributed by atoms with Gasteiger partial charge in [0.25, 0.3) is 5.91 Å². The molecule has 1 saturated heterocycles. The highest BCUT2D eigenvalue weighted by Gasteiger charge is 2.61. The highest BCUT2D eigenvalue weighted by atomic mass is 32.2. The predicted octanol–water partition coefficient (Wildman–Crippen LogP) is 4.67. The van der Waals surface area contributed by atoms with Gasteiger partial charge in [0.2, 0.25) is 16.7 Å². The summed E-state index contributed by atoms with van der Waals surface area (Å²) in [5, 5.41) is 2.87. The highest BCUT2D eigenvalue weighted by Crippen LogP contribution is 2.55. The van der Waals surface area contributed by atoms with E-state index in [4.69, 9.17) is 0 Å². The number of hydrogen-bond acceptors (Lipinski definition) is 4. The Labute approximate surface area is 207 Å². The van der Waals surface area contributed by atoms with Crippen LogP contribution in [0.3, 0.4) is 0 Å². The molecule has 8 heteroatoms. The Morgan fingerprint density at radius 1 is 1.00 bits per heavy atom. The summed E-state index contributed by atoms with van der Waals surface area (Å²) in [6.45, 7) is 5.68. The molecule has 6 nitrogen and oxygen atoms in total. The van der Waals surface area contributed by atoms with Crippen LogP contribution in [0, 0.1) is 26.6 Å². The minimum Gasteiger partial charge on any atom is -0.325 e. The van der Waals surface area contributed by atoms with Crippen molar-refractivity contribution in [1.82, 2.24) is 0 Å². The fourth-order valence-corrected chi connectivity index (χ4v) is 5.98. The summed E-state index contributed by atoms with van der Waals surface area (Å²) in [5.41, 5.74) is 5.43. The predicted molar refractivity (Wildman–Crippen MR) is 136 cm³/mol. The van der Waals surface area contributed by atoms with E-state index in [9.17, 15) is 18.8 Å². The summed E-state index contributed by atoms with van der Waals surface area (Å²) < 4.78 is 13.6. The topological polar surface area (TPSA) is 69.7 Å². The molecule has 2 aliphatic rings. The minimum atomic E-state index is -1.35. The van der Waals surface area contributed by atoms with E-state index in [0.29, 0.717) is 22.6 Å². The first-order valence-electron chi connectivity index (χ1n) is 11.2. The van der Waals surface area contributed by atoms with Gasteiger partial charge in [0.15, 0.2) is 0 Å². The molecule has 3 aromatic rings. The van der Waals surface area contributed by atoms with Gasteiger partial charge >= 0.3 is 0 Å². The normalized spacial score (nSPS) is 19.0. The fraction of sp³-hybridized carbons (Fsp3) is 0.222. The quantitative estimate of drug-likeness (QED) is 0.578. The summed E-state index contributed by atoms with van der Waals surface area (Å²) >= 11 is 1.23. The van der Waals surface area contributed by atoms with Crippen LogP contribution in [0.15, 0.2) is 60.7 Å². The maximum Gasteiger partial charge on any atom is 0.269 e. The Hall–Kier alpha value is -3.65. The van der Waals surface area contributed by atoms with Crippen molar-refractivity contribution in [2.24, 2.45) is 0 Å². The van der Waals surface area contributed by atoms with Crippen molar-refractivity contribution in [3.63, 3.8) is 0 Å². The second-order valence-corrected chi connectivity index (χ2v) is 10.1. The van der Waals surface area contributed by atoms with Crippen LogP contribution < -0.4 is 15.1 Å². The van der Waals surface area contributed by atoms with Gasteiger partial charge in [0.1, 0.15) is 12.4 Å². The van der Waals surface area contributed by atoms with Crippen LogP contribution in [0.5, 0.6) is 0 Å². The van der Waals surface area contributed by atoms with Crippen molar-refractivity contribution in [3.8, 4) is 0 Å². The van der Waals surface area contributed by atoms with E-state index in [-0.39, 0.29) is 30.0 Å². The van der Waals surface area contributed by atoms with E-state index in [1.165, 1.54) is 45.8 Å². The molecule has 0 aromatic heterocycles. The first-order chi connectivity index (χ1) is 16.7. The smallest absolute Gasteiger partial charge is 0.269 e. The van der Waals surface area contributed by atoms with Crippen molar-refractivity contribution >= 4 is 46.5 Å². The molecule has 35 heavy (non-hydrogen) atoms.